The van der Waals surface area contributed by atoms with Crippen LogP contribution in [-0.4, -0.2) is 48.9 Å². The van der Waals surface area contributed by atoms with E-state index < -0.39 is 16.6 Å². The van der Waals surface area contributed by atoms with E-state index in [1.54, 1.807) is 0 Å². The summed E-state index contributed by atoms with van der Waals surface area (Å²) < 4.78 is 42.0. The van der Waals surface area contributed by atoms with E-state index in [0.717, 1.165) is 27.9 Å². The molecular weight excluding hydrogens is 673 g/mol. The molecule has 0 radical (unpaired) electrons. The summed E-state index contributed by atoms with van der Waals surface area (Å²) in [5.74, 6) is 0.0994. The van der Waals surface area contributed by atoms with Crippen LogP contribution in [-0.2, 0) is 11.2 Å². The molecule has 3 aromatic carbocycles. The number of hydrogen-bond acceptors (Lipinski definition) is 6. The highest BCUT2D eigenvalue weighted by atomic mass is 79.9. The van der Waals surface area contributed by atoms with Crippen molar-refractivity contribution in [3.8, 4) is 22.8 Å². The van der Waals surface area contributed by atoms with E-state index in [9.17, 15) is 22.8 Å². The normalized spacial score (nSPS) is 16.1. The van der Waals surface area contributed by atoms with Crippen LogP contribution in [0.15, 0.2) is 78.0 Å². The fourth-order valence-corrected chi connectivity index (χ4v) is 6.23. The molecule has 0 saturated carbocycles. The number of aromatic nitrogens is 3. The minimum Gasteiger partial charge on any atom is -0.406 e. The monoisotopic (exact) mass is 700 g/mol. The summed E-state index contributed by atoms with van der Waals surface area (Å²) in [6.45, 7) is 6.37. The van der Waals surface area contributed by atoms with Gasteiger partial charge in [0.1, 0.15) is 16.2 Å². The number of aryl methyl sites for hydroxylation is 1. The molecule has 1 aromatic heterocycles. The van der Waals surface area contributed by atoms with Crippen molar-refractivity contribution in [1.82, 2.24) is 20.1 Å². The van der Waals surface area contributed by atoms with Crippen LogP contribution < -0.4 is 15.0 Å². The highest BCUT2D eigenvalue weighted by Crippen LogP contribution is 2.40. The van der Waals surface area contributed by atoms with Crippen molar-refractivity contribution in [2.45, 2.75) is 43.6 Å². The second kappa shape index (κ2) is 13.4. The molecule has 0 aliphatic carbocycles. The Hall–Kier alpha value is -4.17. The Bertz CT molecular complexity index is 1730. The number of thioether (sulfide) groups is 1. The zero-order valence-corrected chi connectivity index (χ0v) is 26.8. The maximum Gasteiger partial charge on any atom is 0.573 e. The lowest BCUT2D eigenvalue weighted by Gasteiger charge is -2.23. The predicted molar refractivity (Wildman–Crippen MR) is 171 cm³/mol. The molecule has 1 atom stereocenters. The Balaban J connectivity index is 1.19. The summed E-state index contributed by atoms with van der Waals surface area (Å²) in [7, 11) is 0. The first-order chi connectivity index (χ1) is 21.4. The number of nitrogens with one attached hydrogen (secondary N) is 1. The first-order valence-corrected chi connectivity index (χ1v) is 15.7. The topological polar surface area (TPSA) is 102 Å². The molecular formula is C31H28BrF3N6O3S. The predicted octanol–water partition coefficient (Wildman–Crippen LogP) is 7.37. The van der Waals surface area contributed by atoms with Crippen LogP contribution >= 0.6 is 27.7 Å². The number of urea groups is 1. The fraction of sp³-hybridized carbons (Fsp3) is 0.258. The Morgan fingerprint density at radius 1 is 1.11 bits per heavy atom. The third-order valence-corrected chi connectivity index (χ3v) is 8.70. The molecule has 234 valence electrons. The van der Waals surface area contributed by atoms with Crippen LogP contribution in [0.1, 0.15) is 36.5 Å². The number of para-hydroxylation sites is 1. The van der Waals surface area contributed by atoms with Gasteiger partial charge >= 0.3 is 12.4 Å². The van der Waals surface area contributed by atoms with Crippen molar-refractivity contribution in [3.05, 3.63) is 89.7 Å². The number of benzene rings is 3. The zero-order chi connectivity index (χ0) is 32.3. The quantitative estimate of drug-likeness (QED) is 0.193. The van der Waals surface area contributed by atoms with Crippen LogP contribution in [0.5, 0.6) is 5.75 Å². The third kappa shape index (κ3) is 7.74. The molecule has 45 heavy (non-hydrogen) atoms. The molecule has 9 nitrogen and oxygen atoms in total. The number of amidine groups is 1. The molecule has 1 unspecified atom stereocenters. The van der Waals surface area contributed by atoms with Crippen LogP contribution in [0.25, 0.3) is 17.1 Å². The van der Waals surface area contributed by atoms with Gasteiger partial charge in [0.15, 0.2) is 11.0 Å². The summed E-state index contributed by atoms with van der Waals surface area (Å²) in [5, 5.41) is 7.54. The van der Waals surface area contributed by atoms with Crippen molar-refractivity contribution in [3.63, 3.8) is 0 Å². The van der Waals surface area contributed by atoms with E-state index in [4.69, 9.17) is 0 Å². The van der Waals surface area contributed by atoms with E-state index in [1.165, 1.54) is 51.9 Å². The molecule has 1 aliphatic heterocycles. The van der Waals surface area contributed by atoms with Crippen LogP contribution in [0.2, 0.25) is 0 Å². The lowest BCUT2D eigenvalue weighted by Crippen LogP contribution is -2.34. The first-order valence-electron chi connectivity index (χ1n) is 13.9. The SMILES string of the molecule is Cc1cccc(C(C)C)c1N1C(=O)C(Br)S/C1=N\C(=O)NCCc1ccc(-c2ncn(-c3ccc(OC(F)(F)F)cc3)n2)cc1. The number of anilines is 1. The number of halogens is 4. The number of aliphatic imine (C=N–C) groups is 1. The molecule has 1 N–H and O–H groups in total. The molecule has 1 fully saturated rings. The summed E-state index contributed by atoms with van der Waals surface area (Å²) in [6, 6.07) is 18.1. The number of hydrogen-bond donors (Lipinski definition) is 1. The van der Waals surface area contributed by atoms with E-state index >= 15 is 0 Å². The fourth-order valence-electron chi connectivity index (χ4n) is 4.71. The van der Waals surface area contributed by atoms with Crippen molar-refractivity contribution in [2.24, 2.45) is 4.99 Å². The molecule has 1 saturated heterocycles. The number of carbonyl (C=O) groups excluding carboxylic acids is 2. The molecule has 4 aromatic rings. The number of ether oxygens (including phenoxy) is 1. The number of nitrogens with zero attached hydrogens (tertiary/aromatic N) is 5. The van der Waals surface area contributed by atoms with Crippen LogP contribution in [0.3, 0.4) is 0 Å². The van der Waals surface area contributed by atoms with Crippen molar-refractivity contribution in [1.29, 1.82) is 0 Å². The first kappa shape index (κ1) is 32.2. The van der Waals surface area contributed by atoms with Gasteiger partial charge in [-0.3, -0.25) is 9.69 Å². The van der Waals surface area contributed by atoms with Crippen molar-refractivity contribution >= 4 is 50.5 Å². The summed E-state index contributed by atoms with van der Waals surface area (Å²) in [6.07, 6.45) is -2.75. The minimum absolute atomic E-state index is 0.169. The van der Waals surface area contributed by atoms with Crippen LogP contribution in [0, 0.1) is 6.92 Å². The van der Waals surface area contributed by atoms with Gasteiger partial charge in [0.05, 0.1) is 11.4 Å². The number of carbonyl (C=O) groups is 2. The second-order valence-electron chi connectivity index (χ2n) is 10.4. The Morgan fingerprint density at radius 3 is 2.49 bits per heavy atom. The molecule has 1 aliphatic rings. The van der Waals surface area contributed by atoms with Crippen molar-refractivity contribution in [2.75, 3.05) is 11.4 Å². The van der Waals surface area contributed by atoms with Gasteiger partial charge in [0, 0.05) is 12.1 Å². The summed E-state index contributed by atoms with van der Waals surface area (Å²) in [5.41, 5.74) is 4.90. The Labute approximate surface area is 270 Å². The standard InChI is InChI=1S/C31H28BrF3N6O3S/c1-18(2)24-6-4-5-19(3)25(24)41-28(42)26(32)45-30(41)38-29(43)36-16-15-20-7-9-21(10-8-20)27-37-17-40(39-27)22-11-13-23(14-12-22)44-31(33,34)35/h4-14,17-18,26H,15-16H2,1-3H3,(H,36,43)/b38-30-. The van der Waals surface area contributed by atoms with Gasteiger partial charge in [-0.25, -0.2) is 14.5 Å². The molecule has 0 spiro atoms. The van der Waals surface area contributed by atoms with Crippen molar-refractivity contribution < 1.29 is 27.5 Å². The summed E-state index contributed by atoms with van der Waals surface area (Å²) >= 11 is 4.59. The molecule has 2 heterocycles. The van der Waals surface area contributed by atoms with E-state index in [1.807, 2.05) is 49.4 Å². The highest BCUT2D eigenvalue weighted by molar-refractivity contribution is 9.12. The maximum atomic E-state index is 13.1. The molecule has 14 heteroatoms. The van der Waals surface area contributed by atoms with Gasteiger partial charge in [-0.2, -0.15) is 4.99 Å². The largest absolute Gasteiger partial charge is 0.573 e. The van der Waals surface area contributed by atoms with Gasteiger partial charge in [0.2, 0.25) is 0 Å². The van der Waals surface area contributed by atoms with Crippen LogP contribution in [0.4, 0.5) is 23.7 Å². The van der Waals surface area contributed by atoms with E-state index in [2.05, 4.69) is 54.9 Å². The van der Waals surface area contributed by atoms with Gasteiger partial charge < -0.3 is 10.1 Å². The average Bonchev–Trinajstić information content (AvgIpc) is 3.57. The molecule has 5 rings (SSSR count). The minimum atomic E-state index is -4.76. The Morgan fingerprint density at radius 2 is 1.82 bits per heavy atom. The average molecular weight is 702 g/mol. The second-order valence-corrected chi connectivity index (χ2v) is 13.0. The molecule has 3 amide bonds. The smallest absolute Gasteiger partial charge is 0.406 e. The third-order valence-electron chi connectivity index (χ3n) is 6.86. The van der Waals surface area contributed by atoms with E-state index in [0.29, 0.717) is 29.6 Å². The number of rotatable bonds is 8. The van der Waals surface area contributed by atoms with Gasteiger partial charge in [-0.05, 0) is 60.2 Å². The number of amides is 3. The lowest BCUT2D eigenvalue weighted by atomic mass is 9.97. The lowest BCUT2D eigenvalue weighted by molar-refractivity contribution is -0.274. The van der Waals surface area contributed by atoms with Gasteiger partial charge in [0.25, 0.3) is 5.91 Å². The van der Waals surface area contributed by atoms with E-state index in [-0.39, 0.29) is 17.6 Å². The highest BCUT2D eigenvalue weighted by Gasteiger charge is 2.40. The summed E-state index contributed by atoms with van der Waals surface area (Å²) in [4.78, 5) is 35.9. The van der Waals surface area contributed by atoms with Gasteiger partial charge in [-0.1, -0.05) is 84.0 Å². The Kier molecular flexibility index (Phi) is 9.63. The zero-order valence-electron chi connectivity index (χ0n) is 24.4. The van der Waals surface area contributed by atoms with Gasteiger partial charge in [-0.15, -0.1) is 18.3 Å². The number of alkyl halides is 4. The maximum absolute atomic E-state index is 13.1. The molecule has 0 bridgehead atoms.